The number of hydrogen-bond donors (Lipinski definition) is 1. The number of esters is 3. The van der Waals surface area contributed by atoms with Gasteiger partial charge in [-0.25, -0.2) is 14.4 Å². The Morgan fingerprint density at radius 1 is 0.885 bits per heavy atom. The van der Waals surface area contributed by atoms with Crippen LogP contribution in [0.5, 0.6) is 0 Å². The standard InChI is InChI=1S/C18H16O8/c1-24-16(21)14(20)15(18(23)25-2)26-17(22)13(19)12-8-7-10-5-3-4-6-11(10)9-12/h3-9,14-15,20H,1-2H3/t14-,15-/m1/s1. The molecule has 8 heteroatoms. The molecule has 26 heavy (non-hydrogen) atoms. The molecule has 0 aromatic heterocycles. The monoisotopic (exact) mass is 360 g/mol. The third kappa shape index (κ3) is 4.04. The highest BCUT2D eigenvalue weighted by atomic mass is 16.6. The van der Waals surface area contributed by atoms with Gasteiger partial charge in [0.1, 0.15) is 0 Å². The summed E-state index contributed by atoms with van der Waals surface area (Å²) < 4.78 is 13.4. The fourth-order valence-corrected chi connectivity index (χ4v) is 2.22. The number of carbonyl (C=O) groups is 4. The maximum Gasteiger partial charge on any atom is 0.380 e. The van der Waals surface area contributed by atoms with Gasteiger partial charge in [0.05, 0.1) is 14.2 Å². The zero-order chi connectivity index (χ0) is 19.3. The fraction of sp³-hybridized carbons (Fsp3) is 0.222. The SMILES string of the molecule is COC(=O)[C@H](O)[C@@H](OC(=O)C(=O)c1ccc2ccccc2c1)C(=O)OC. The van der Waals surface area contributed by atoms with Crippen LogP contribution in [0.4, 0.5) is 0 Å². The van der Waals surface area contributed by atoms with E-state index in [1.165, 1.54) is 12.1 Å². The van der Waals surface area contributed by atoms with E-state index >= 15 is 0 Å². The van der Waals surface area contributed by atoms with Gasteiger partial charge in [0, 0.05) is 5.56 Å². The summed E-state index contributed by atoms with van der Waals surface area (Å²) in [6.45, 7) is 0. The maximum absolute atomic E-state index is 12.3. The number of aliphatic hydroxyl groups is 1. The van der Waals surface area contributed by atoms with Gasteiger partial charge in [-0.1, -0.05) is 36.4 Å². The molecule has 2 aromatic carbocycles. The van der Waals surface area contributed by atoms with Crippen LogP contribution < -0.4 is 0 Å². The first-order valence-corrected chi connectivity index (χ1v) is 7.47. The lowest BCUT2D eigenvalue weighted by Gasteiger charge is -2.18. The second-order valence-corrected chi connectivity index (χ2v) is 5.21. The van der Waals surface area contributed by atoms with Crippen LogP contribution in [0.15, 0.2) is 42.5 Å². The van der Waals surface area contributed by atoms with Crippen LogP contribution in [-0.2, 0) is 28.6 Å². The number of methoxy groups -OCH3 is 2. The van der Waals surface area contributed by atoms with Crippen molar-refractivity contribution in [3.05, 3.63) is 48.0 Å². The number of aliphatic hydroxyl groups excluding tert-OH is 1. The van der Waals surface area contributed by atoms with Gasteiger partial charge in [-0.05, 0) is 16.8 Å². The van der Waals surface area contributed by atoms with Crippen molar-refractivity contribution in [2.45, 2.75) is 12.2 Å². The lowest BCUT2D eigenvalue weighted by atomic mass is 10.0. The molecule has 0 radical (unpaired) electrons. The average Bonchev–Trinajstić information content (AvgIpc) is 2.68. The van der Waals surface area contributed by atoms with Crippen LogP contribution >= 0.6 is 0 Å². The number of hydrogen-bond acceptors (Lipinski definition) is 8. The molecule has 0 saturated carbocycles. The second kappa shape index (κ2) is 8.21. The third-order valence-corrected chi connectivity index (χ3v) is 3.59. The summed E-state index contributed by atoms with van der Waals surface area (Å²) in [5, 5.41) is 11.4. The van der Waals surface area contributed by atoms with Crippen LogP contribution in [0.3, 0.4) is 0 Å². The van der Waals surface area contributed by atoms with Gasteiger partial charge in [-0.3, -0.25) is 4.79 Å². The minimum absolute atomic E-state index is 0.0323. The number of benzene rings is 2. The summed E-state index contributed by atoms with van der Waals surface area (Å²) >= 11 is 0. The first-order chi connectivity index (χ1) is 12.4. The molecule has 0 aliphatic rings. The first-order valence-electron chi connectivity index (χ1n) is 7.47. The Bertz CT molecular complexity index is 857. The number of ether oxygens (including phenoxy) is 3. The molecule has 8 nitrogen and oxygen atoms in total. The highest BCUT2D eigenvalue weighted by molar-refractivity contribution is 6.41. The molecule has 0 fully saturated rings. The average molecular weight is 360 g/mol. The van der Waals surface area contributed by atoms with Gasteiger partial charge < -0.3 is 19.3 Å². The first kappa shape index (κ1) is 19.1. The molecule has 2 atom stereocenters. The minimum atomic E-state index is -2.12. The molecule has 0 bridgehead atoms. The van der Waals surface area contributed by atoms with Crippen LogP contribution in [-0.4, -0.2) is 55.2 Å². The number of ketones is 1. The Balaban J connectivity index is 2.22. The summed E-state index contributed by atoms with van der Waals surface area (Å²) in [5.74, 6) is -4.88. The summed E-state index contributed by atoms with van der Waals surface area (Å²) in [5.41, 5.74) is 0.0323. The van der Waals surface area contributed by atoms with E-state index in [0.717, 1.165) is 25.0 Å². The predicted octanol–water partition coefficient (Wildman–Crippen LogP) is 0.641. The number of rotatable bonds is 6. The number of Topliss-reactive ketones (excluding diaryl/α,β-unsaturated/α-hetero) is 1. The molecular weight excluding hydrogens is 344 g/mol. The summed E-state index contributed by atoms with van der Waals surface area (Å²) in [4.78, 5) is 47.4. The minimum Gasteiger partial charge on any atom is -0.467 e. The van der Waals surface area contributed by atoms with Crippen molar-refractivity contribution in [3.8, 4) is 0 Å². The van der Waals surface area contributed by atoms with Crippen molar-refractivity contribution in [3.63, 3.8) is 0 Å². The highest BCUT2D eigenvalue weighted by Crippen LogP contribution is 2.17. The van der Waals surface area contributed by atoms with E-state index in [9.17, 15) is 24.3 Å². The zero-order valence-electron chi connectivity index (χ0n) is 14.0. The van der Waals surface area contributed by atoms with E-state index < -0.39 is 35.9 Å². The molecule has 0 heterocycles. The normalized spacial score (nSPS) is 12.7. The zero-order valence-corrected chi connectivity index (χ0v) is 14.0. The molecule has 136 valence electrons. The van der Waals surface area contributed by atoms with E-state index in [-0.39, 0.29) is 5.56 Å². The molecule has 0 aliphatic carbocycles. The van der Waals surface area contributed by atoms with Crippen LogP contribution in [0.25, 0.3) is 10.8 Å². The van der Waals surface area contributed by atoms with Gasteiger partial charge in [0.15, 0.2) is 6.10 Å². The Labute approximate surface area is 148 Å². The molecule has 0 amide bonds. The van der Waals surface area contributed by atoms with E-state index in [2.05, 4.69) is 9.47 Å². The molecule has 1 N–H and O–H groups in total. The summed E-state index contributed by atoms with van der Waals surface area (Å²) in [7, 11) is 1.94. The largest absolute Gasteiger partial charge is 0.467 e. The summed E-state index contributed by atoms with van der Waals surface area (Å²) in [6, 6.07) is 11.8. The molecule has 0 spiro atoms. The number of carbonyl (C=O) groups excluding carboxylic acids is 4. The van der Waals surface area contributed by atoms with Crippen molar-refractivity contribution in [2.24, 2.45) is 0 Å². The van der Waals surface area contributed by atoms with Crippen molar-refractivity contribution < 1.29 is 38.5 Å². The lowest BCUT2D eigenvalue weighted by molar-refractivity contribution is -0.179. The van der Waals surface area contributed by atoms with Gasteiger partial charge in [-0.15, -0.1) is 0 Å². The maximum atomic E-state index is 12.3. The van der Waals surface area contributed by atoms with Crippen molar-refractivity contribution in [1.29, 1.82) is 0 Å². The Morgan fingerprint density at radius 2 is 1.50 bits per heavy atom. The quantitative estimate of drug-likeness (QED) is 0.345. The molecule has 0 aliphatic heterocycles. The van der Waals surface area contributed by atoms with Gasteiger partial charge in [0.25, 0.3) is 5.78 Å². The predicted molar refractivity (Wildman–Crippen MR) is 88.2 cm³/mol. The van der Waals surface area contributed by atoms with Gasteiger partial charge in [0.2, 0.25) is 6.10 Å². The second-order valence-electron chi connectivity index (χ2n) is 5.21. The van der Waals surface area contributed by atoms with Gasteiger partial charge in [-0.2, -0.15) is 0 Å². The topological polar surface area (TPSA) is 116 Å². The Hall–Kier alpha value is -3.26. The molecule has 2 aromatic rings. The Morgan fingerprint density at radius 3 is 2.12 bits per heavy atom. The van der Waals surface area contributed by atoms with E-state index in [1.54, 1.807) is 18.2 Å². The molecule has 0 unspecified atom stereocenters. The fourth-order valence-electron chi connectivity index (χ4n) is 2.22. The van der Waals surface area contributed by atoms with E-state index in [1.807, 2.05) is 12.1 Å². The van der Waals surface area contributed by atoms with Crippen molar-refractivity contribution >= 4 is 34.5 Å². The van der Waals surface area contributed by atoms with Crippen LogP contribution in [0.2, 0.25) is 0 Å². The summed E-state index contributed by atoms with van der Waals surface area (Å²) in [6.07, 6.45) is -4.15. The van der Waals surface area contributed by atoms with E-state index in [4.69, 9.17) is 4.74 Å². The van der Waals surface area contributed by atoms with Crippen LogP contribution in [0.1, 0.15) is 10.4 Å². The smallest absolute Gasteiger partial charge is 0.380 e. The van der Waals surface area contributed by atoms with Crippen molar-refractivity contribution in [2.75, 3.05) is 14.2 Å². The van der Waals surface area contributed by atoms with Crippen molar-refractivity contribution in [1.82, 2.24) is 0 Å². The Kier molecular flexibility index (Phi) is 6.03. The molecule has 2 rings (SSSR count). The highest BCUT2D eigenvalue weighted by Gasteiger charge is 2.38. The van der Waals surface area contributed by atoms with Crippen LogP contribution in [0, 0.1) is 0 Å². The van der Waals surface area contributed by atoms with Gasteiger partial charge >= 0.3 is 17.9 Å². The third-order valence-electron chi connectivity index (χ3n) is 3.59. The lowest BCUT2D eigenvalue weighted by Crippen LogP contribution is -2.45. The van der Waals surface area contributed by atoms with E-state index in [0.29, 0.717) is 0 Å². The number of fused-ring (bicyclic) bond motifs is 1. The molecule has 0 saturated heterocycles. The molecular formula is C18H16O8.